The third-order valence-corrected chi connectivity index (χ3v) is 10.5. The average molecular weight is 604 g/mol. The predicted molar refractivity (Wildman–Crippen MR) is 178 cm³/mol. The van der Waals surface area contributed by atoms with Gasteiger partial charge in [-0.3, -0.25) is 9.88 Å². The van der Waals surface area contributed by atoms with Gasteiger partial charge in [-0.15, -0.1) is 0 Å². The molecule has 1 unspecified atom stereocenters. The Hall–Kier alpha value is -3.74. The van der Waals surface area contributed by atoms with Gasteiger partial charge >= 0.3 is 5.97 Å². The van der Waals surface area contributed by atoms with Crippen molar-refractivity contribution in [2.75, 3.05) is 26.3 Å². The van der Waals surface area contributed by atoms with Crippen LogP contribution in [0.25, 0.3) is 16.8 Å². The summed E-state index contributed by atoms with van der Waals surface area (Å²) >= 11 is 0. The molecule has 1 aliphatic heterocycles. The summed E-state index contributed by atoms with van der Waals surface area (Å²) in [5.41, 5.74) is 13.1. The minimum Gasteiger partial charge on any atom is -0.443 e. The summed E-state index contributed by atoms with van der Waals surface area (Å²) in [4.78, 5) is 19.6. The van der Waals surface area contributed by atoms with Crippen molar-refractivity contribution < 1.29 is 14.3 Å². The third kappa shape index (κ3) is 5.64. The lowest BCUT2D eigenvalue weighted by molar-refractivity contribution is -0.0636. The smallest absolute Gasteiger partial charge is 0.339 e. The van der Waals surface area contributed by atoms with Crippen molar-refractivity contribution in [2.45, 2.75) is 83.8 Å². The summed E-state index contributed by atoms with van der Waals surface area (Å²) in [5.74, 6) is -0.295. The molecule has 0 amide bonds. The van der Waals surface area contributed by atoms with E-state index in [9.17, 15) is 4.79 Å². The Morgan fingerprint density at radius 3 is 2.38 bits per heavy atom. The topological polar surface area (TPSA) is 56.6 Å². The molecule has 2 aromatic heterocycles. The van der Waals surface area contributed by atoms with Gasteiger partial charge < -0.3 is 14.0 Å². The van der Waals surface area contributed by atoms with Crippen LogP contribution in [0, 0.1) is 0 Å². The van der Waals surface area contributed by atoms with Gasteiger partial charge in [0.2, 0.25) is 0 Å². The minimum atomic E-state index is -0.295. The largest absolute Gasteiger partial charge is 0.443 e. The summed E-state index contributed by atoms with van der Waals surface area (Å²) in [7, 11) is 0. The molecule has 4 aromatic rings. The highest BCUT2D eigenvalue weighted by atomic mass is 16.6. The van der Waals surface area contributed by atoms with E-state index in [1.165, 1.54) is 57.5 Å². The van der Waals surface area contributed by atoms with Crippen LogP contribution in [0.15, 0.2) is 67.1 Å². The normalized spacial score (nSPS) is 19.2. The van der Waals surface area contributed by atoms with E-state index >= 15 is 0 Å². The Labute approximate surface area is 267 Å². The van der Waals surface area contributed by atoms with E-state index in [-0.39, 0.29) is 23.0 Å². The SMILES string of the molecule is CC(OC(=O)c1ccc(-n2cc(Cc3cccnc3)c3c2CCc2cc4c(cc2-3)C(C)(C)CCC4(C)C)cc1)N1CCOCC1. The number of fused-ring (bicyclic) bond motifs is 4. The second-order valence-corrected chi connectivity index (χ2v) is 14.4. The molecular formula is C39H45N3O3. The molecule has 45 heavy (non-hydrogen) atoms. The number of nitrogens with zero attached hydrogens (tertiary/aromatic N) is 3. The van der Waals surface area contributed by atoms with Gasteiger partial charge in [-0.05, 0) is 113 Å². The molecule has 3 aliphatic rings. The number of benzene rings is 2. The van der Waals surface area contributed by atoms with E-state index < -0.39 is 0 Å². The molecule has 2 aromatic carbocycles. The fourth-order valence-corrected chi connectivity index (χ4v) is 7.61. The highest BCUT2D eigenvalue weighted by Crippen LogP contribution is 2.50. The zero-order valence-corrected chi connectivity index (χ0v) is 27.4. The molecular weight excluding hydrogens is 558 g/mol. The molecule has 0 radical (unpaired) electrons. The Kier molecular flexibility index (Phi) is 7.69. The van der Waals surface area contributed by atoms with Crippen molar-refractivity contribution in [3.8, 4) is 16.8 Å². The number of hydrogen-bond acceptors (Lipinski definition) is 5. The van der Waals surface area contributed by atoms with Crippen molar-refractivity contribution in [1.82, 2.24) is 14.5 Å². The molecule has 6 nitrogen and oxygen atoms in total. The van der Waals surface area contributed by atoms with Crippen molar-refractivity contribution >= 4 is 5.97 Å². The van der Waals surface area contributed by atoms with Crippen molar-refractivity contribution in [2.24, 2.45) is 0 Å². The Morgan fingerprint density at radius 1 is 0.978 bits per heavy atom. The van der Waals surface area contributed by atoms with Crippen LogP contribution in [0.1, 0.15) is 91.3 Å². The van der Waals surface area contributed by atoms with Crippen molar-refractivity contribution in [1.29, 1.82) is 0 Å². The first-order chi connectivity index (χ1) is 21.6. The van der Waals surface area contributed by atoms with Crippen LogP contribution < -0.4 is 0 Å². The van der Waals surface area contributed by atoms with E-state index in [1.807, 2.05) is 37.5 Å². The van der Waals surface area contributed by atoms with E-state index in [0.717, 1.165) is 38.0 Å². The highest BCUT2D eigenvalue weighted by molar-refractivity contribution is 5.89. The van der Waals surface area contributed by atoms with E-state index in [4.69, 9.17) is 9.47 Å². The van der Waals surface area contributed by atoms with Crippen LogP contribution in [0.4, 0.5) is 0 Å². The first-order valence-corrected chi connectivity index (χ1v) is 16.5. The molecule has 0 spiro atoms. The summed E-state index contributed by atoms with van der Waals surface area (Å²) in [6, 6.07) is 17.2. The Bertz CT molecular complexity index is 1710. The predicted octanol–water partition coefficient (Wildman–Crippen LogP) is 7.41. The van der Waals surface area contributed by atoms with Crippen LogP contribution in [0.2, 0.25) is 0 Å². The van der Waals surface area contributed by atoms with Crippen LogP contribution in [0.3, 0.4) is 0 Å². The maximum Gasteiger partial charge on any atom is 0.339 e. The minimum absolute atomic E-state index is 0.146. The molecule has 0 saturated carbocycles. The Morgan fingerprint density at radius 2 is 1.69 bits per heavy atom. The van der Waals surface area contributed by atoms with Gasteiger partial charge in [0, 0.05) is 55.0 Å². The van der Waals surface area contributed by atoms with Crippen LogP contribution in [-0.2, 0) is 39.6 Å². The number of carbonyl (C=O) groups is 1. The van der Waals surface area contributed by atoms with E-state index in [1.54, 1.807) is 0 Å². The van der Waals surface area contributed by atoms with E-state index in [2.05, 4.69) is 78.7 Å². The molecule has 0 N–H and O–H groups in total. The van der Waals surface area contributed by atoms with Gasteiger partial charge in [-0.1, -0.05) is 39.8 Å². The number of aryl methyl sites for hydroxylation is 1. The van der Waals surface area contributed by atoms with Gasteiger partial charge in [0.25, 0.3) is 0 Å². The fraction of sp³-hybridized carbons (Fsp3) is 0.436. The first-order valence-electron chi connectivity index (χ1n) is 16.5. The lowest BCUT2D eigenvalue weighted by Crippen LogP contribution is -2.44. The average Bonchev–Trinajstić information content (AvgIpc) is 3.42. The molecule has 3 heterocycles. The number of carbonyl (C=O) groups excluding carboxylic acids is 1. The molecule has 1 saturated heterocycles. The lowest BCUT2D eigenvalue weighted by atomic mass is 9.62. The number of aromatic nitrogens is 2. The molecule has 0 bridgehead atoms. The summed E-state index contributed by atoms with van der Waals surface area (Å²) in [6.07, 6.45) is 11.1. The fourth-order valence-electron chi connectivity index (χ4n) is 7.61. The van der Waals surface area contributed by atoms with Gasteiger partial charge in [-0.25, -0.2) is 4.79 Å². The summed E-state index contributed by atoms with van der Waals surface area (Å²) in [6.45, 7) is 14.5. The molecule has 6 heteroatoms. The van der Waals surface area contributed by atoms with Gasteiger partial charge in [0.15, 0.2) is 6.23 Å². The number of hydrogen-bond donors (Lipinski definition) is 0. The van der Waals surface area contributed by atoms with Crippen LogP contribution in [-0.4, -0.2) is 53.0 Å². The molecule has 1 fully saturated rings. The van der Waals surface area contributed by atoms with Crippen LogP contribution >= 0.6 is 0 Å². The standard InChI is InChI=1S/C39H45N3O3/c1-26(41-17-19-44-20-18-41)45-37(43)28-8-11-31(12-9-28)42-25-30(21-27-7-6-16-40-24-27)36-32-23-34-33(22-29(32)10-13-35(36)42)38(2,3)14-15-39(34,4)5/h6-9,11-12,16,22-26H,10,13-15,17-21H2,1-5H3. The van der Waals surface area contributed by atoms with Gasteiger partial charge in [0.1, 0.15) is 0 Å². The van der Waals surface area contributed by atoms with Crippen molar-refractivity contribution in [3.05, 3.63) is 106 Å². The van der Waals surface area contributed by atoms with Crippen LogP contribution in [0.5, 0.6) is 0 Å². The van der Waals surface area contributed by atoms with Gasteiger partial charge in [0.05, 0.1) is 18.8 Å². The number of esters is 1. The van der Waals surface area contributed by atoms with Gasteiger partial charge in [-0.2, -0.15) is 0 Å². The maximum atomic E-state index is 13.0. The maximum absolute atomic E-state index is 13.0. The zero-order valence-electron chi connectivity index (χ0n) is 27.4. The lowest BCUT2D eigenvalue weighted by Gasteiger charge is -2.43. The van der Waals surface area contributed by atoms with E-state index in [0.29, 0.717) is 18.8 Å². The Balaban J connectivity index is 1.26. The second-order valence-electron chi connectivity index (χ2n) is 14.4. The summed E-state index contributed by atoms with van der Waals surface area (Å²) < 4.78 is 13.6. The third-order valence-electron chi connectivity index (χ3n) is 10.5. The molecule has 234 valence electrons. The van der Waals surface area contributed by atoms with Crippen molar-refractivity contribution in [3.63, 3.8) is 0 Å². The molecule has 7 rings (SSSR count). The summed E-state index contributed by atoms with van der Waals surface area (Å²) in [5, 5.41) is 0. The number of ether oxygens (including phenoxy) is 2. The molecule has 2 aliphatic carbocycles. The zero-order chi connectivity index (χ0) is 31.3. The quantitative estimate of drug-likeness (QED) is 0.215. The number of rotatable bonds is 6. The second kappa shape index (κ2) is 11.6. The molecule has 1 atom stereocenters. The number of morpholine rings is 1. The monoisotopic (exact) mass is 603 g/mol. The highest BCUT2D eigenvalue weighted by Gasteiger charge is 2.39. The number of pyridine rings is 1. The first kappa shape index (κ1) is 29.9.